The molecule has 0 atom stereocenters. The molecule has 0 radical (unpaired) electrons. The fraction of sp³-hybridized carbons (Fsp3) is 0.150. The highest BCUT2D eigenvalue weighted by Crippen LogP contribution is 2.27. The van der Waals surface area contributed by atoms with Gasteiger partial charge >= 0.3 is 5.69 Å². The molecule has 0 fully saturated rings. The Balaban J connectivity index is 2.11. The number of imidazole rings is 1. The lowest BCUT2D eigenvalue weighted by Crippen LogP contribution is -2.37. The van der Waals surface area contributed by atoms with Gasteiger partial charge in [0.2, 0.25) is 0 Å². The zero-order chi connectivity index (χ0) is 20.9. The molecule has 0 amide bonds. The molecule has 29 heavy (non-hydrogen) atoms. The minimum Gasteiger partial charge on any atom is -0.313 e. The molecule has 0 spiro atoms. The van der Waals surface area contributed by atoms with E-state index in [1.165, 1.54) is 23.7 Å². The molecule has 4 rings (SSSR count). The van der Waals surface area contributed by atoms with Crippen molar-refractivity contribution >= 4 is 45.4 Å². The minimum atomic E-state index is -0.500. The van der Waals surface area contributed by atoms with Gasteiger partial charge in [0, 0.05) is 33.8 Å². The van der Waals surface area contributed by atoms with E-state index in [1.54, 1.807) is 17.7 Å². The summed E-state index contributed by atoms with van der Waals surface area (Å²) in [6.07, 6.45) is 0. The average molecular weight is 525 g/mol. The van der Waals surface area contributed by atoms with E-state index in [9.17, 15) is 14.0 Å². The second-order valence-electron chi connectivity index (χ2n) is 6.61. The van der Waals surface area contributed by atoms with Crippen LogP contribution in [-0.4, -0.2) is 18.7 Å². The summed E-state index contributed by atoms with van der Waals surface area (Å²) in [6, 6.07) is 12.0. The summed E-state index contributed by atoms with van der Waals surface area (Å²) >= 11 is 8.42. The molecule has 0 aliphatic heterocycles. The molecule has 0 bridgehead atoms. The summed E-state index contributed by atoms with van der Waals surface area (Å²) in [6.45, 7) is -0.00371. The van der Waals surface area contributed by atoms with Crippen molar-refractivity contribution in [2.24, 2.45) is 14.1 Å². The van der Waals surface area contributed by atoms with Crippen LogP contribution in [0.1, 0.15) is 5.56 Å². The summed E-state index contributed by atoms with van der Waals surface area (Å²) in [5, 5.41) is 0.252. The highest BCUT2D eigenvalue weighted by Gasteiger charge is 2.22. The number of benzene rings is 2. The molecule has 0 N–H and O–H groups in total. The van der Waals surface area contributed by atoms with Crippen LogP contribution in [0.2, 0.25) is 5.02 Å². The van der Waals surface area contributed by atoms with Crippen LogP contribution in [0.3, 0.4) is 0 Å². The van der Waals surface area contributed by atoms with E-state index in [2.05, 4.69) is 27.6 Å². The van der Waals surface area contributed by atoms with Gasteiger partial charge in [-0.15, -0.1) is 0 Å². The lowest BCUT2D eigenvalue weighted by atomic mass is 10.2. The maximum absolute atomic E-state index is 14.5. The summed E-state index contributed by atoms with van der Waals surface area (Å²) in [7, 11) is 2.96. The molecule has 2 heterocycles. The van der Waals surface area contributed by atoms with E-state index in [-0.39, 0.29) is 28.3 Å². The quantitative estimate of drug-likeness (QED) is 0.385. The number of hydrogen-bond donors (Lipinski definition) is 0. The van der Waals surface area contributed by atoms with Crippen molar-refractivity contribution in [3.63, 3.8) is 0 Å². The third-order valence-electron chi connectivity index (χ3n) is 4.81. The molecular weight excluding hydrogens is 510 g/mol. The molecule has 0 aliphatic carbocycles. The molecule has 148 valence electrons. The fourth-order valence-electron chi connectivity index (χ4n) is 3.29. The standard InChI is InChI=1S/C20H15ClFIN4O2/c1-25-18-16(19(28)26(2)20(25)29)27(10-13-14(21)7-4-8-15(13)22)17(24-18)11-5-3-6-12(23)9-11/h3-9H,10H2,1-2H3. The second kappa shape index (κ2) is 7.42. The van der Waals surface area contributed by atoms with Crippen LogP contribution in [0.15, 0.2) is 52.1 Å². The Labute approximate surface area is 183 Å². The van der Waals surface area contributed by atoms with E-state index in [1.807, 2.05) is 24.3 Å². The highest BCUT2D eigenvalue weighted by molar-refractivity contribution is 14.1. The van der Waals surface area contributed by atoms with Crippen LogP contribution in [-0.2, 0) is 20.6 Å². The number of aryl methyl sites for hydroxylation is 1. The fourth-order valence-corrected chi connectivity index (χ4v) is 4.06. The summed E-state index contributed by atoms with van der Waals surface area (Å²) < 4.78 is 19.4. The van der Waals surface area contributed by atoms with Crippen molar-refractivity contribution in [1.82, 2.24) is 18.7 Å². The SMILES string of the molecule is Cn1c(=O)c2c(nc(-c3cccc(I)c3)n2Cc2c(F)cccc2Cl)n(C)c1=O. The highest BCUT2D eigenvalue weighted by atomic mass is 127. The Kier molecular flexibility index (Phi) is 5.07. The summed E-state index contributed by atoms with van der Waals surface area (Å²) in [5.41, 5.74) is 0.457. The molecule has 0 unspecified atom stereocenters. The first kappa shape index (κ1) is 19.8. The van der Waals surface area contributed by atoms with Crippen molar-refractivity contribution in [2.75, 3.05) is 0 Å². The number of aromatic nitrogens is 4. The molecule has 2 aromatic heterocycles. The van der Waals surface area contributed by atoms with Crippen LogP contribution in [0, 0.1) is 9.39 Å². The van der Waals surface area contributed by atoms with Crippen molar-refractivity contribution in [3.8, 4) is 11.4 Å². The Bertz CT molecular complexity index is 1370. The van der Waals surface area contributed by atoms with Crippen LogP contribution in [0.25, 0.3) is 22.6 Å². The lowest BCUT2D eigenvalue weighted by molar-refractivity contribution is 0.601. The van der Waals surface area contributed by atoms with E-state index < -0.39 is 17.1 Å². The predicted octanol–water partition coefficient (Wildman–Crippen LogP) is 3.55. The monoisotopic (exact) mass is 524 g/mol. The average Bonchev–Trinajstić information content (AvgIpc) is 3.07. The first-order valence-corrected chi connectivity index (χ1v) is 10.1. The van der Waals surface area contributed by atoms with Gasteiger partial charge in [-0.2, -0.15) is 0 Å². The van der Waals surface area contributed by atoms with Crippen LogP contribution < -0.4 is 11.2 Å². The number of halogens is 3. The van der Waals surface area contributed by atoms with Gasteiger partial charge in [0.25, 0.3) is 5.56 Å². The Morgan fingerprint density at radius 2 is 1.83 bits per heavy atom. The third-order valence-corrected chi connectivity index (χ3v) is 5.83. The van der Waals surface area contributed by atoms with E-state index in [0.29, 0.717) is 5.82 Å². The number of hydrogen-bond acceptors (Lipinski definition) is 3. The Morgan fingerprint density at radius 3 is 2.52 bits per heavy atom. The van der Waals surface area contributed by atoms with Gasteiger partial charge in [-0.1, -0.05) is 29.8 Å². The molecule has 4 aromatic rings. The summed E-state index contributed by atoms with van der Waals surface area (Å²) in [4.78, 5) is 29.9. The Hall–Kier alpha value is -2.46. The third kappa shape index (κ3) is 3.29. The first-order chi connectivity index (χ1) is 13.8. The minimum absolute atomic E-state index is 0.00371. The number of fused-ring (bicyclic) bond motifs is 1. The smallest absolute Gasteiger partial charge is 0.313 e. The molecule has 6 nitrogen and oxygen atoms in total. The van der Waals surface area contributed by atoms with Gasteiger partial charge < -0.3 is 4.57 Å². The second-order valence-corrected chi connectivity index (χ2v) is 8.26. The van der Waals surface area contributed by atoms with Crippen molar-refractivity contribution in [1.29, 1.82) is 0 Å². The largest absolute Gasteiger partial charge is 0.332 e. The van der Waals surface area contributed by atoms with E-state index in [4.69, 9.17) is 11.6 Å². The zero-order valence-corrected chi connectivity index (χ0v) is 18.4. The van der Waals surface area contributed by atoms with Crippen LogP contribution in [0.4, 0.5) is 4.39 Å². The van der Waals surface area contributed by atoms with Gasteiger partial charge in [-0.05, 0) is 46.9 Å². The van der Waals surface area contributed by atoms with Gasteiger partial charge in [0.05, 0.1) is 6.54 Å². The van der Waals surface area contributed by atoms with Gasteiger partial charge in [0.1, 0.15) is 11.6 Å². The zero-order valence-electron chi connectivity index (χ0n) is 15.5. The lowest BCUT2D eigenvalue weighted by Gasteiger charge is -2.12. The van der Waals surface area contributed by atoms with Crippen molar-refractivity contribution in [2.45, 2.75) is 6.54 Å². The maximum Gasteiger partial charge on any atom is 0.332 e. The first-order valence-electron chi connectivity index (χ1n) is 8.64. The molecular formula is C20H15ClFIN4O2. The number of nitrogens with zero attached hydrogens (tertiary/aromatic N) is 4. The summed E-state index contributed by atoms with van der Waals surface area (Å²) in [5.74, 6) is -0.0225. The van der Waals surface area contributed by atoms with E-state index in [0.717, 1.165) is 13.7 Å². The van der Waals surface area contributed by atoms with Gasteiger partial charge in [0.15, 0.2) is 11.2 Å². The van der Waals surface area contributed by atoms with Crippen LogP contribution >= 0.6 is 34.2 Å². The Morgan fingerprint density at radius 1 is 1.10 bits per heavy atom. The molecule has 0 saturated carbocycles. The predicted molar refractivity (Wildman–Crippen MR) is 119 cm³/mol. The van der Waals surface area contributed by atoms with Crippen LogP contribution in [0.5, 0.6) is 0 Å². The van der Waals surface area contributed by atoms with Crippen molar-refractivity contribution < 1.29 is 4.39 Å². The normalized spacial score (nSPS) is 11.3. The van der Waals surface area contributed by atoms with Gasteiger partial charge in [-0.25, -0.2) is 14.2 Å². The maximum atomic E-state index is 14.5. The van der Waals surface area contributed by atoms with Crippen molar-refractivity contribution in [3.05, 3.63) is 83.3 Å². The molecule has 0 saturated heterocycles. The van der Waals surface area contributed by atoms with E-state index >= 15 is 0 Å². The topological polar surface area (TPSA) is 61.8 Å². The molecule has 0 aliphatic rings. The number of rotatable bonds is 3. The van der Waals surface area contributed by atoms with Gasteiger partial charge in [-0.3, -0.25) is 13.9 Å². The molecule has 2 aromatic carbocycles. The molecule has 9 heteroatoms.